The van der Waals surface area contributed by atoms with Crippen molar-refractivity contribution < 1.29 is 4.39 Å². The van der Waals surface area contributed by atoms with E-state index >= 15 is 0 Å². The van der Waals surface area contributed by atoms with Gasteiger partial charge in [-0.2, -0.15) is 10.2 Å². The van der Waals surface area contributed by atoms with Crippen LogP contribution in [0, 0.1) is 5.82 Å². The monoisotopic (exact) mass is 400 g/mol. The molecule has 0 saturated heterocycles. The van der Waals surface area contributed by atoms with Crippen LogP contribution in [-0.4, -0.2) is 12.4 Å². The van der Waals surface area contributed by atoms with Crippen LogP contribution in [0.15, 0.2) is 76.9 Å². The zero-order valence-electron chi connectivity index (χ0n) is 17.8. The third-order valence-electron chi connectivity index (χ3n) is 5.12. The summed E-state index contributed by atoms with van der Waals surface area (Å²) in [6.07, 6.45) is 8.85. The van der Waals surface area contributed by atoms with E-state index in [1.165, 1.54) is 30.0 Å². The van der Waals surface area contributed by atoms with Crippen molar-refractivity contribution in [3.8, 4) is 11.1 Å². The van der Waals surface area contributed by atoms with E-state index in [0.29, 0.717) is 11.1 Å². The highest BCUT2D eigenvalue weighted by Crippen LogP contribution is 2.24. The molecule has 0 spiro atoms. The van der Waals surface area contributed by atoms with Crippen molar-refractivity contribution in [3.63, 3.8) is 0 Å². The number of aryl methyl sites for hydroxylation is 2. The fourth-order valence-corrected chi connectivity index (χ4v) is 3.43. The summed E-state index contributed by atoms with van der Waals surface area (Å²) in [5.41, 5.74) is 5.81. The average Bonchev–Trinajstić information content (AvgIpc) is 2.77. The Kier molecular flexibility index (Phi) is 8.08. The van der Waals surface area contributed by atoms with Gasteiger partial charge >= 0.3 is 0 Å². The highest BCUT2D eigenvalue weighted by molar-refractivity contribution is 5.84. The fourth-order valence-electron chi connectivity index (χ4n) is 3.43. The first-order valence-corrected chi connectivity index (χ1v) is 10.7. The van der Waals surface area contributed by atoms with E-state index in [2.05, 4.69) is 42.2 Å². The van der Waals surface area contributed by atoms with Gasteiger partial charge in [0.2, 0.25) is 0 Å². The van der Waals surface area contributed by atoms with Crippen LogP contribution in [-0.2, 0) is 12.8 Å². The van der Waals surface area contributed by atoms with Crippen LogP contribution >= 0.6 is 0 Å². The largest absolute Gasteiger partial charge is 0.206 e. The molecule has 0 heterocycles. The molecular formula is C27H29FN2. The molecule has 0 unspecified atom stereocenters. The number of hydrogen-bond donors (Lipinski definition) is 0. The van der Waals surface area contributed by atoms with Crippen molar-refractivity contribution in [1.82, 2.24) is 0 Å². The van der Waals surface area contributed by atoms with Crippen LogP contribution in [0.2, 0.25) is 0 Å². The Morgan fingerprint density at radius 2 is 1.57 bits per heavy atom. The highest BCUT2D eigenvalue weighted by Gasteiger charge is 2.06. The summed E-state index contributed by atoms with van der Waals surface area (Å²) in [7, 11) is 0. The van der Waals surface area contributed by atoms with Gasteiger partial charge in [0.05, 0.1) is 12.4 Å². The molecule has 3 aromatic carbocycles. The van der Waals surface area contributed by atoms with E-state index in [4.69, 9.17) is 0 Å². The van der Waals surface area contributed by atoms with Gasteiger partial charge in [0.15, 0.2) is 0 Å². The van der Waals surface area contributed by atoms with Gasteiger partial charge in [-0.15, -0.1) is 0 Å². The molecule has 0 aromatic heterocycles. The smallest absolute Gasteiger partial charge is 0.131 e. The highest BCUT2D eigenvalue weighted by atomic mass is 19.1. The molecule has 3 rings (SSSR count). The molecule has 154 valence electrons. The topological polar surface area (TPSA) is 24.7 Å². The lowest BCUT2D eigenvalue weighted by molar-refractivity contribution is 0.631. The number of benzene rings is 3. The maximum Gasteiger partial charge on any atom is 0.131 e. The molecule has 3 aromatic rings. The van der Waals surface area contributed by atoms with Crippen molar-refractivity contribution in [2.45, 2.75) is 46.0 Å². The van der Waals surface area contributed by atoms with E-state index in [9.17, 15) is 4.39 Å². The molecular weight excluding hydrogens is 371 g/mol. The quantitative estimate of drug-likeness (QED) is 0.267. The molecule has 0 aliphatic rings. The molecule has 2 nitrogen and oxygen atoms in total. The Morgan fingerprint density at radius 3 is 2.30 bits per heavy atom. The first-order chi connectivity index (χ1) is 14.7. The number of unbranched alkanes of at least 4 members (excludes halogenated alkanes) is 1. The number of halogens is 1. The summed E-state index contributed by atoms with van der Waals surface area (Å²) >= 11 is 0. The molecule has 0 N–H and O–H groups in total. The van der Waals surface area contributed by atoms with Crippen LogP contribution in [0.4, 0.5) is 4.39 Å². The average molecular weight is 401 g/mol. The van der Waals surface area contributed by atoms with E-state index in [1.807, 2.05) is 36.4 Å². The first-order valence-electron chi connectivity index (χ1n) is 10.7. The van der Waals surface area contributed by atoms with Gasteiger partial charge in [0, 0.05) is 5.56 Å². The predicted molar refractivity (Wildman–Crippen MR) is 126 cm³/mol. The first kappa shape index (κ1) is 21.6. The van der Waals surface area contributed by atoms with Gasteiger partial charge in [-0.05, 0) is 53.1 Å². The molecule has 30 heavy (non-hydrogen) atoms. The fraction of sp³-hybridized carbons (Fsp3) is 0.259. The normalized spacial score (nSPS) is 11.6. The Balaban J connectivity index is 1.68. The van der Waals surface area contributed by atoms with Crippen LogP contribution in [0.3, 0.4) is 0 Å². The Bertz CT molecular complexity index is 1000. The van der Waals surface area contributed by atoms with Crippen molar-refractivity contribution in [1.29, 1.82) is 0 Å². The van der Waals surface area contributed by atoms with E-state index in [-0.39, 0.29) is 5.82 Å². The maximum absolute atomic E-state index is 14.7. The van der Waals surface area contributed by atoms with Gasteiger partial charge in [-0.3, -0.25) is 0 Å². The van der Waals surface area contributed by atoms with Gasteiger partial charge < -0.3 is 0 Å². The van der Waals surface area contributed by atoms with Crippen molar-refractivity contribution in [2.75, 3.05) is 0 Å². The summed E-state index contributed by atoms with van der Waals surface area (Å²) in [4.78, 5) is 0. The third kappa shape index (κ3) is 5.96. The summed E-state index contributed by atoms with van der Waals surface area (Å²) in [5.74, 6) is -0.252. The summed E-state index contributed by atoms with van der Waals surface area (Å²) in [6.45, 7) is 4.34. The van der Waals surface area contributed by atoms with Crippen molar-refractivity contribution in [2.24, 2.45) is 10.2 Å². The molecule has 0 fully saturated rings. The van der Waals surface area contributed by atoms with Crippen LogP contribution < -0.4 is 0 Å². The van der Waals surface area contributed by atoms with Gasteiger partial charge in [0.1, 0.15) is 5.82 Å². The second-order valence-corrected chi connectivity index (χ2v) is 7.48. The minimum absolute atomic E-state index is 0.252. The molecule has 0 aliphatic heterocycles. The molecule has 0 aliphatic carbocycles. The van der Waals surface area contributed by atoms with Crippen LogP contribution in [0.5, 0.6) is 0 Å². The van der Waals surface area contributed by atoms with E-state index in [0.717, 1.165) is 30.4 Å². The van der Waals surface area contributed by atoms with E-state index in [1.54, 1.807) is 18.5 Å². The molecule has 3 heteroatoms. The van der Waals surface area contributed by atoms with Gasteiger partial charge in [-0.1, -0.05) is 87.4 Å². The molecule has 0 atom stereocenters. The number of nitrogens with zero attached hydrogens (tertiary/aromatic N) is 2. The summed E-state index contributed by atoms with van der Waals surface area (Å²) in [5, 5.41) is 8.25. The van der Waals surface area contributed by atoms with Crippen molar-refractivity contribution >= 4 is 12.4 Å². The van der Waals surface area contributed by atoms with Gasteiger partial charge in [0.25, 0.3) is 0 Å². The van der Waals surface area contributed by atoms with Crippen LogP contribution in [0.25, 0.3) is 11.1 Å². The molecule has 0 bridgehead atoms. The maximum atomic E-state index is 14.7. The minimum atomic E-state index is -0.252. The second kappa shape index (κ2) is 11.2. The predicted octanol–water partition coefficient (Wildman–Crippen LogP) is 7.24. The molecule has 0 amide bonds. The lowest BCUT2D eigenvalue weighted by Crippen LogP contribution is -1.92. The number of rotatable bonds is 9. The van der Waals surface area contributed by atoms with Gasteiger partial charge in [-0.25, -0.2) is 4.39 Å². The molecule has 0 radical (unpaired) electrons. The SMILES string of the molecule is CCCCc1ccc(-c2ccc(C=NN=Cc3ccccc3CCC)cc2F)cc1. The van der Waals surface area contributed by atoms with Crippen LogP contribution in [0.1, 0.15) is 55.4 Å². The zero-order valence-corrected chi connectivity index (χ0v) is 17.8. The summed E-state index contributed by atoms with van der Waals surface area (Å²) in [6, 6.07) is 21.5. The Labute approximate surface area is 179 Å². The lowest BCUT2D eigenvalue weighted by atomic mass is 10.0. The Hall–Kier alpha value is -3.07. The Morgan fingerprint density at radius 1 is 0.800 bits per heavy atom. The van der Waals surface area contributed by atoms with Crippen molar-refractivity contribution in [3.05, 3.63) is 94.8 Å². The molecule has 0 saturated carbocycles. The minimum Gasteiger partial charge on any atom is -0.206 e. The third-order valence-corrected chi connectivity index (χ3v) is 5.12. The summed E-state index contributed by atoms with van der Waals surface area (Å²) < 4.78 is 14.7. The van der Waals surface area contributed by atoms with E-state index < -0.39 is 0 Å². The lowest BCUT2D eigenvalue weighted by Gasteiger charge is -2.06. The second-order valence-electron chi connectivity index (χ2n) is 7.48. The number of hydrogen-bond acceptors (Lipinski definition) is 2. The standard InChI is InChI=1S/C27H29FN2/c1-3-5-9-21-12-15-24(16-13-21)26-17-14-22(18-27(26)28)19-29-30-20-25-11-7-6-10-23(25)8-4-2/h6-7,10-20H,3-5,8-9H2,1-2H3. The zero-order chi connectivity index (χ0) is 21.2.